The number of hydrogen-bond donors (Lipinski definition) is 2. The molecule has 2 atom stereocenters. The molecule has 0 spiro atoms. The molecule has 1 aliphatic heterocycles. The number of carbonyl (C=O) groups excluding carboxylic acids is 1. The molecule has 33 heavy (non-hydrogen) atoms. The van der Waals surface area contributed by atoms with E-state index >= 15 is 0 Å². The molecule has 0 aromatic heterocycles. The van der Waals surface area contributed by atoms with Crippen LogP contribution in [0.1, 0.15) is 25.8 Å². The zero-order chi connectivity index (χ0) is 24.2. The second kappa shape index (κ2) is 10.8. The van der Waals surface area contributed by atoms with Crippen molar-refractivity contribution in [1.82, 2.24) is 10.0 Å². The minimum absolute atomic E-state index is 0.0880. The molecule has 0 bridgehead atoms. The summed E-state index contributed by atoms with van der Waals surface area (Å²) in [5.41, 5.74) is 2.28. The molecule has 1 saturated heterocycles. The van der Waals surface area contributed by atoms with E-state index in [9.17, 15) is 13.2 Å². The predicted molar refractivity (Wildman–Crippen MR) is 131 cm³/mol. The number of sulfonamides is 1. The van der Waals surface area contributed by atoms with Gasteiger partial charge in [-0.15, -0.1) is 0 Å². The Labute approximate surface area is 201 Å². The van der Waals surface area contributed by atoms with E-state index in [0.717, 1.165) is 30.8 Å². The Bertz CT molecular complexity index is 1070. The number of benzene rings is 2. The highest BCUT2D eigenvalue weighted by molar-refractivity contribution is 7.89. The van der Waals surface area contributed by atoms with Crippen molar-refractivity contribution in [2.75, 3.05) is 31.6 Å². The number of halogens is 1. The maximum absolute atomic E-state index is 12.9. The van der Waals surface area contributed by atoms with Crippen molar-refractivity contribution in [3.8, 4) is 5.75 Å². The lowest BCUT2D eigenvalue weighted by molar-refractivity contribution is -0.123. The van der Waals surface area contributed by atoms with E-state index in [1.165, 1.54) is 19.2 Å². The van der Waals surface area contributed by atoms with Crippen LogP contribution in [0.3, 0.4) is 0 Å². The fourth-order valence-electron chi connectivity index (χ4n) is 3.98. The van der Waals surface area contributed by atoms with E-state index in [-0.39, 0.29) is 22.6 Å². The van der Waals surface area contributed by atoms with Crippen LogP contribution >= 0.6 is 11.6 Å². The number of nitrogens with one attached hydrogen (secondary N) is 2. The first-order valence-corrected chi connectivity index (χ1v) is 12.9. The first kappa shape index (κ1) is 25.3. The second-order valence-electron chi connectivity index (χ2n) is 8.80. The molecule has 7 nitrogen and oxygen atoms in total. The summed E-state index contributed by atoms with van der Waals surface area (Å²) in [6.07, 6.45) is 0.941. The normalized spacial score (nSPS) is 17.3. The van der Waals surface area contributed by atoms with Gasteiger partial charge in [0.1, 0.15) is 11.8 Å². The van der Waals surface area contributed by atoms with E-state index in [2.05, 4.69) is 21.9 Å². The summed E-state index contributed by atoms with van der Waals surface area (Å²) in [6.45, 7) is 7.89. The van der Waals surface area contributed by atoms with Crippen molar-refractivity contribution in [2.45, 2.75) is 38.1 Å². The van der Waals surface area contributed by atoms with Crippen LogP contribution in [0.25, 0.3) is 0 Å². The standard InChI is InChI=1S/C24H32ClN3O4S/c1-16(2)23(27-33(30,31)21-9-7-20(32-4)8-10-21)24(29)26-14-18-11-12-28(15-18)22-13-19(25)6-5-17(22)3/h5-10,13,16,18,23,27H,11-12,14-15H2,1-4H3,(H,26,29)/t18-,23-/m0/s1. The number of hydrogen-bond acceptors (Lipinski definition) is 5. The molecule has 1 aliphatic rings. The molecule has 1 amide bonds. The van der Waals surface area contributed by atoms with E-state index in [0.29, 0.717) is 17.3 Å². The Hall–Kier alpha value is -2.29. The SMILES string of the molecule is COc1ccc(S(=O)(=O)N[C@H](C(=O)NC[C@@H]2CCN(c3cc(Cl)ccc3C)C2)C(C)C)cc1. The van der Waals surface area contributed by atoms with Crippen molar-refractivity contribution in [3.05, 3.63) is 53.1 Å². The van der Waals surface area contributed by atoms with Crippen LogP contribution in [0.2, 0.25) is 5.02 Å². The molecule has 1 fully saturated rings. The average molecular weight is 494 g/mol. The van der Waals surface area contributed by atoms with Gasteiger partial charge in [-0.2, -0.15) is 4.72 Å². The summed E-state index contributed by atoms with van der Waals surface area (Å²) in [5.74, 6) is 0.302. The number of anilines is 1. The van der Waals surface area contributed by atoms with Gasteiger partial charge < -0.3 is 15.0 Å². The maximum Gasteiger partial charge on any atom is 0.241 e. The highest BCUT2D eigenvalue weighted by atomic mass is 35.5. The summed E-state index contributed by atoms with van der Waals surface area (Å²) in [6, 6.07) is 11.1. The number of amides is 1. The minimum Gasteiger partial charge on any atom is -0.497 e. The van der Waals surface area contributed by atoms with E-state index in [4.69, 9.17) is 16.3 Å². The first-order valence-electron chi connectivity index (χ1n) is 11.1. The van der Waals surface area contributed by atoms with Crippen LogP contribution < -0.4 is 19.7 Å². The number of rotatable bonds is 9. The lowest BCUT2D eigenvalue weighted by atomic mass is 10.0. The van der Waals surface area contributed by atoms with Crippen LogP contribution in [-0.4, -0.2) is 47.1 Å². The quantitative estimate of drug-likeness (QED) is 0.557. The van der Waals surface area contributed by atoms with Crippen LogP contribution in [0, 0.1) is 18.8 Å². The van der Waals surface area contributed by atoms with Crippen molar-refractivity contribution >= 4 is 33.2 Å². The van der Waals surface area contributed by atoms with Gasteiger partial charge in [-0.3, -0.25) is 4.79 Å². The van der Waals surface area contributed by atoms with E-state index < -0.39 is 16.1 Å². The highest BCUT2D eigenvalue weighted by Crippen LogP contribution is 2.29. The summed E-state index contributed by atoms with van der Waals surface area (Å²) in [7, 11) is -2.34. The van der Waals surface area contributed by atoms with Crippen LogP contribution in [0.5, 0.6) is 5.75 Å². The van der Waals surface area contributed by atoms with Crippen molar-refractivity contribution in [2.24, 2.45) is 11.8 Å². The van der Waals surface area contributed by atoms with Crippen LogP contribution in [0.15, 0.2) is 47.4 Å². The smallest absolute Gasteiger partial charge is 0.241 e. The van der Waals surface area contributed by atoms with E-state index in [1.807, 2.05) is 32.0 Å². The molecule has 0 saturated carbocycles. The molecule has 2 aromatic rings. The molecular formula is C24H32ClN3O4S. The van der Waals surface area contributed by atoms with Gasteiger partial charge in [0.25, 0.3) is 0 Å². The highest BCUT2D eigenvalue weighted by Gasteiger charge is 2.30. The van der Waals surface area contributed by atoms with Gasteiger partial charge >= 0.3 is 0 Å². The fraction of sp³-hybridized carbons (Fsp3) is 0.458. The van der Waals surface area contributed by atoms with Crippen molar-refractivity contribution in [1.29, 1.82) is 0 Å². The van der Waals surface area contributed by atoms with Gasteiger partial charge in [-0.05, 0) is 67.1 Å². The van der Waals surface area contributed by atoms with Crippen LogP contribution in [0.4, 0.5) is 5.69 Å². The lowest BCUT2D eigenvalue weighted by Gasteiger charge is -2.23. The molecule has 3 rings (SSSR count). The number of methoxy groups -OCH3 is 1. The maximum atomic E-state index is 12.9. The van der Waals surface area contributed by atoms with Crippen molar-refractivity contribution < 1.29 is 17.9 Å². The Morgan fingerprint density at radius 3 is 2.55 bits per heavy atom. The summed E-state index contributed by atoms with van der Waals surface area (Å²) in [4.78, 5) is 15.3. The molecule has 1 heterocycles. The molecule has 0 unspecified atom stereocenters. The third-order valence-electron chi connectivity index (χ3n) is 5.96. The van der Waals surface area contributed by atoms with Gasteiger partial charge in [-0.25, -0.2) is 8.42 Å². The molecule has 180 valence electrons. The summed E-state index contributed by atoms with van der Waals surface area (Å²) < 4.78 is 33.3. The van der Waals surface area contributed by atoms with Gasteiger partial charge in [0.2, 0.25) is 15.9 Å². The van der Waals surface area contributed by atoms with Gasteiger partial charge in [0.05, 0.1) is 12.0 Å². The molecule has 0 aliphatic carbocycles. The monoisotopic (exact) mass is 493 g/mol. The Morgan fingerprint density at radius 2 is 1.91 bits per heavy atom. The predicted octanol–water partition coefficient (Wildman–Crippen LogP) is 3.60. The summed E-state index contributed by atoms with van der Waals surface area (Å²) >= 11 is 6.17. The molecular weight excluding hydrogens is 462 g/mol. The van der Waals surface area contributed by atoms with E-state index in [1.54, 1.807) is 12.1 Å². The molecule has 0 radical (unpaired) electrons. The number of aryl methyl sites for hydroxylation is 1. The Balaban J connectivity index is 1.60. The van der Waals surface area contributed by atoms with Crippen molar-refractivity contribution in [3.63, 3.8) is 0 Å². The Kier molecular flexibility index (Phi) is 8.26. The summed E-state index contributed by atoms with van der Waals surface area (Å²) in [5, 5.41) is 3.66. The minimum atomic E-state index is -3.85. The molecule has 2 aromatic carbocycles. The topological polar surface area (TPSA) is 87.7 Å². The zero-order valence-corrected chi connectivity index (χ0v) is 21.0. The Morgan fingerprint density at radius 1 is 1.21 bits per heavy atom. The van der Waals surface area contributed by atoms with Gasteiger partial charge in [0, 0.05) is 30.3 Å². The van der Waals surface area contributed by atoms with Gasteiger partial charge in [0.15, 0.2) is 0 Å². The fourth-order valence-corrected chi connectivity index (χ4v) is 5.49. The molecule has 2 N–H and O–H groups in total. The third-order valence-corrected chi connectivity index (χ3v) is 7.66. The number of carbonyl (C=O) groups is 1. The number of ether oxygens (including phenoxy) is 1. The van der Waals surface area contributed by atoms with Gasteiger partial charge in [-0.1, -0.05) is 31.5 Å². The second-order valence-corrected chi connectivity index (χ2v) is 10.9. The first-order chi connectivity index (χ1) is 15.6. The largest absolute Gasteiger partial charge is 0.497 e. The van der Waals surface area contributed by atoms with Crippen LogP contribution in [-0.2, 0) is 14.8 Å². The average Bonchev–Trinajstić information content (AvgIpc) is 3.26. The third kappa shape index (κ3) is 6.40. The molecule has 9 heteroatoms. The zero-order valence-electron chi connectivity index (χ0n) is 19.5. The number of nitrogens with zero attached hydrogens (tertiary/aromatic N) is 1. The lowest BCUT2D eigenvalue weighted by Crippen LogP contribution is -2.50.